The van der Waals surface area contributed by atoms with Gasteiger partial charge in [-0.15, -0.1) is 0 Å². The van der Waals surface area contributed by atoms with E-state index in [1.165, 1.54) is 4.90 Å². The van der Waals surface area contributed by atoms with Crippen LogP contribution in [0.5, 0.6) is 0 Å². The average molecular weight is 279 g/mol. The van der Waals surface area contributed by atoms with Crippen LogP contribution in [0.3, 0.4) is 0 Å². The predicted octanol–water partition coefficient (Wildman–Crippen LogP) is 1.63. The van der Waals surface area contributed by atoms with Crippen molar-refractivity contribution in [1.29, 1.82) is 5.26 Å². The molecule has 0 unspecified atom stereocenters. The Labute approximate surface area is 101 Å². The van der Waals surface area contributed by atoms with Crippen LogP contribution < -0.4 is 4.90 Å². The highest BCUT2D eigenvalue weighted by Crippen LogP contribution is 2.29. The van der Waals surface area contributed by atoms with E-state index in [1.807, 2.05) is 6.07 Å². The second-order valence-corrected chi connectivity index (χ2v) is 4.33. The van der Waals surface area contributed by atoms with Crippen molar-refractivity contribution in [2.75, 3.05) is 11.4 Å². The number of nitriles is 1. The number of benzene rings is 1. The number of Topliss-reactive ketones (excluding diaryl/α,β-unsaturated/α-hetero) is 1. The highest BCUT2D eigenvalue weighted by atomic mass is 79.9. The van der Waals surface area contributed by atoms with E-state index in [0.717, 1.165) is 0 Å². The first kappa shape index (κ1) is 10.8. The molecule has 0 aromatic heterocycles. The first-order chi connectivity index (χ1) is 7.61. The van der Waals surface area contributed by atoms with Gasteiger partial charge in [0.05, 0.1) is 30.3 Å². The summed E-state index contributed by atoms with van der Waals surface area (Å²) in [6.45, 7) is 0.114. The van der Waals surface area contributed by atoms with Crippen LogP contribution in [0.2, 0.25) is 0 Å². The third kappa shape index (κ3) is 1.84. The number of carbonyl (C=O) groups excluding carboxylic acids is 2. The number of rotatable bonds is 1. The monoisotopic (exact) mass is 278 g/mol. The van der Waals surface area contributed by atoms with Gasteiger partial charge in [-0.2, -0.15) is 5.26 Å². The van der Waals surface area contributed by atoms with Crippen molar-refractivity contribution in [1.82, 2.24) is 0 Å². The normalized spacial score (nSPS) is 15.4. The van der Waals surface area contributed by atoms with Gasteiger partial charge in [0.15, 0.2) is 5.78 Å². The molecule has 1 saturated heterocycles. The summed E-state index contributed by atoms with van der Waals surface area (Å²) in [4.78, 5) is 24.1. The summed E-state index contributed by atoms with van der Waals surface area (Å²) in [6, 6.07) is 6.92. The minimum atomic E-state index is -0.199. The first-order valence-corrected chi connectivity index (χ1v) is 5.43. The van der Waals surface area contributed by atoms with Crippen molar-refractivity contribution < 1.29 is 9.59 Å². The largest absolute Gasteiger partial charge is 0.303 e. The van der Waals surface area contributed by atoms with Crippen LogP contribution in [0.25, 0.3) is 0 Å². The molecule has 0 aliphatic carbocycles. The molecule has 1 aliphatic rings. The van der Waals surface area contributed by atoms with Gasteiger partial charge in [0.2, 0.25) is 5.91 Å². The molecule has 0 spiro atoms. The molecule has 0 bridgehead atoms. The number of anilines is 1. The number of carbonyl (C=O) groups is 2. The van der Waals surface area contributed by atoms with Gasteiger partial charge >= 0.3 is 0 Å². The lowest BCUT2D eigenvalue weighted by molar-refractivity contribution is -0.121. The molecule has 1 fully saturated rings. The zero-order valence-electron chi connectivity index (χ0n) is 8.24. The summed E-state index contributed by atoms with van der Waals surface area (Å²) in [5.41, 5.74) is 1.14. The highest BCUT2D eigenvalue weighted by Gasteiger charge is 2.29. The fraction of sp³-hybridized carbons (Fsp3) is 0.182. The van der Waals surface area contributed by atoms with Gasteiger partial charge in [-0.05, 0) is 34.1 Å². The number of halogens is 1. The second-order valence-electron chi connectivity index (χ2n) is 3.47. The number of hydrogen-bond donors (Lipinski definition) is 0. The van der Waals surface area contributed by atoms with E-state index < -0.39 is 0 Å². The molecule has 0 atom stereocenters. The Morgan fingerprint density at radius 3 is 2.62 bits per heavy atom. The summed E-state index contributed by atoms with van der Waals surface area (Å²) in [5.74, 6) is -0.281. The van der Waals surface area contributed by atoms with Gasteiger partial charge in [0, 0.05) is 4.47 Å². The molecule has 1 aliphatic heterocycles. The zero-order chi connectivity index (χ0) is 11.7. The number of hydrogen-bond acceptors (Lipinski definition) is 3. The van der Waals surface area contributed by atoms with Crippen molar-refractivity contribution in [2.24, 2.45) is 0 Å². The van der Waals surface area contributed by atoms with Crippen LogP contribution >= 0.6 is 15.9 Å². The molecule has 0 N–H and O–H groups in total. The molecule has 5 heteroatoms. The molecular formula is C11H7BrN2O2. The van der Waals surface area contributed by atoms with E-state index in [4.69, 9.17) is 5.26 Å². The Bertz CT molecular complexity index is 519. The van der Waals surface area contributed by atoms with Crippen LogP contribution in [0.15, 0.2) is 22.7 Å². The van der Waals surface area contributed by atoms with E-state index >= 15 is 0 Å². The third-order valence-electron chi connectivity index (χ3n) is 2.35. The Morgan fingerprint density at radius 1 is 1.38 bits per heavy atom. The average Bonchev–Trinajstić information content (AvgIpc) is 2.57. The van der Waals surface area contributed by atoms with E-state index in [-0.39, 0.29) is 24.7 Å². The molecule has 1 amide bonds. The Hall–Kier alpha value is -1.67. The van der Waals surface area contributed by atoms with E-state index in [2.05, 4.69) is 15.9 Å². The van der Waals surface area contributed by atoms with Crippen molar-refractivity contribution in [3.05, 3.63) is 28.2 Å². The van der Waals surface area contributed by atoms with Gasteiger partial charge in [-0.3, -0.25) is 9.59 Å². The lowest BCUT2D eigenvalue weighted by Gasteiger charge is -2.16. The molecule has 1 aromatic rings. The molecule has 0 radical (unpaired) electrons. The standard InChI is InChI=1S/C11H7BrN2O2/c12-9-3-7(5-13)1-2-10(9)14-6-8(15)4-11(14)16/h1-3H,4,6H2. The van der Waals surface area contributed by atoms with Crippen LogP contribution in [-0.2, 0) is 9.59 Å². The van der Waals surface area contributed by atoms with Crippen LogP contribution in [0, 0.1) is 11.3 Å². The van der Waals surface area contributed by atoms with E-state index in [0.29, 0.717) is 15.7 Å². The van der Waals surface area contributed by atoms with E-state index in [9.17, 15) is 9.59 Å². The summed E-state index contributed by atoms with van der Waals surface area (Å²) < 4.78 is 0.648. The van der Waals surface area contributed by atoms with Crippen LogP contribution in [0.4, 0.5) is 5.69 Å². The van der Waals surface area contributed by atoms with Gasteiger partial charge < -0.3 is 4.90 Å². The second kappa shape index (κ2) is 4.06. The molecule has 16 heavy (non-hydrogen) atoms. The number of amides is 1. The fourth-order valence-corrected chi connectivity index (χ4v) is 2.19. The minimum Gasteiger partial charge on any atom is -0.303 e. The lowest BCUT2D eigenvalue weighted by atomic mass is 10.2. The Morgan fingerprint density at radius 2 is 2.12 bits per heavy atom. The van der Waals surface area contributed by atoms with Crippen LogP contribution in [0.1, 0.15) is 12.0 Å². The quantitative estimate of drug-likeness (QED) is 0.734. The summed E-state index contributed by atoms with van der Waals surface area (Å²) in [6.07, 6.45) is -0.0353. The molecule has 0 saturated carbocycles. The number of ketones is 1. The maximum atomic E-state index is 11.5. The Kier molecular flexibility index (Phi) is 2.75. The molecular weight excluding hydrogens is 272 g/mol. The molecule has 4 nitrogen and oxygen atoms in total. The van der Waals surface area contributed by atoms with Gasteiger partial charge in [0.25, 0.3) is 0 Å². The third-order valence-corrected chi connectivity index (χ3v) is 2.99. The summed E-state index contributed by atoms with van der Waals surface area (Å²) in [5, 5.41) is 8.71. The Balaban J connectivity index is 2.39. The zero-order valence-corrected chi connectivity index (χ0v) is 9.82. The number of nitrogens with zero attached hydrogens (tertiary/aromatic N) is 2. The molecule has 1 aromatic carbocycles. The fourth-order valence-electron chi connectivity index (χ4n) is 1.60. The lowest BCUT2D eigenvalue weighted by Crippen LogP contribution is -2.24. The van der Waals surface area contributed by atoms with Crippen LogP contribution in [-0.4, -0.2) is 18.2 Å². The first-order valence-electron chi connectivity index (χ1n) is 4.63. The van der Waals surface area contributed by atoms with Gasteiger partial charge in [-0.1, -0.05) is 0 Å². The maximum Gasteiger partial charge on any atom is 0.234 e. The maximum absolute atomic E-state index is 11.5. The van der Waals surface area contributed by atoms with Crippen molar-refractivity contribution >= 4 is 33.3 Å². The molecule has 80 valence electrons. The summed E-state index contributed by atoms with van der Waals surface area (Å²) >= 11 is 3.29. The highest BCUT2D eigenvalue weighted by molar-refractivity contribution is 9.10. The van der Waals surface area contributed by atoms with Crippen molar-refractivity contribution in [3.63, 3.8) is 0 Å². The smallest absolute Gasteiger partial charge is 0.234 e. The van der Waals surface area contributed by atoms with Gasteiger partial charge in [0.1, 0.15) is 0 Å². The minimum absolute atomic E-state index is 0.0353. The molecule has 2 rings (SSSR count). The van der Waals surface area contributed by atoms with E-state index in [1.54, 1.807) is 18.2 Å². The topological polar surface area (TPSA) is 61.2 Å². The molecule has 1 heterocycles. The SMILES string of the molecule is N#Cc1ccc(N2CC(=O)CC2=O)c(Br)c1. The van der Waals surface area contributed by atoms with Crippen molar-refractivity contribution in [3.8, 4) is 6.07 Å². The van der Waals surface area contributed by atoms with Gasteiger partial charge in [-0.25, -0.2) is 0 Å². The van der Waals surface area contributed by atoms with Crippen molar-refractivity contribution in [2.45, 2.75) is 6.42 Å². The summed E-state index contributed by atoms with van der Waals surface area (Å²) in [7, 11) is 0. The predicted molar refractivity (Wildman–Crippen MR) is 60.8 cm³/mol.